The monoisotopic (exact) mass is 196 g/mol. The minimum Gasteiger partial charge on any atom is -0.432 e. The van der Waals surface area contributed by atoms with Gasteiger partial charge in [-0.25, -0.2) is 0 Å². The zero-order valence-corrected chi connectivity index (χ0v) is 9.05. The van der Waals surface area contributed by atoms with Crippen molar-refractivity contribution < 1.29 is 9.53 Å². The molecule has 1 aliphatic carbocycles. The Labute approximate surface area is 86.3 Å². The van der Waals surface area contributed by atoms with Crippen molar-refractivity contribution in [2.24, 2.45) is 0 Å². The molecule has 0 unspecified atom stereocenters. The summed E-state index contributed by atoms with van der Waals surface area (Å²) in [6.07, 6.45) is 11.7. The van der Waals surface area contributed by atoms with Gasteiger partial charge in [-0.05, 0) is 25.3 Å². The summed E-state index contributed by atoms with van der Waals surface area (Å²) in [5.41, 5.74) is 0. The molecule has 0 radical (unpaired) electrons. The summed E-state index contributed by atoms with van der Waals surface area (Å²) >= 11 is 0. The highest BCUT2D eigenvalue weighted by Gasteiger charge is 2.03. The maximum Gasteiger partial charge on any atom is 0.307 e. The van der Waals surface area contributed by atoms with Crippen LogP contribution in [0.15, 0.2) is 11.8 Å². The minimum atomic E-state index is -0.187. The van der Waals surface area contributed by atoms with Crippen molar-refractivity contribution in [3.8, 4) is 0 Å². The standard InChI is InChI=1S/C12H20O2/c1-11(13)14-12-9-7-5-3-2-4-6-8-10-12/h9H,2-8,10H2,1H3. The summed E-state index contributed by atoms with van der Waals surface area (Å²) in [6.45, 7) is 1.47. The smallest absolute Gasteiger partial charge is 0.307 e. The zero-order valence-electron chi connectivity index (χ0n) is 9.05. The van der Waals surface area contributed by atoms with E-state index >= 15 is 0 Å². The fraction of sp³-hybridized carbons (Fsp3) is 0.750. The number of rotatable bonds is 1. The van der Waals surface area contributed by atoms with E-state index < -0.39 is 0 Å². The van der Waals surface area contributed by atoms with E-state index in [2.05, 4.69) is 6.08 Å². The van der Waals surface area contributed by atoms with Crippen molar-refractivity contribution in [1.82, 2.24) is 0 Å². The number of hydrogen-bond donors (Lipinski definition) is 0. The summed E-state index contributed by atoms with van der Waals surface area (Å²) in [5.74, 6) is 0.702. The van der Waals surface area contributed by atoms with Gasteiger partial charge in [0, 0.05) is 13.3 Å². The molecule has 0 saturated carbocycles. The second-order valence-electron chi connectivity index (χ2n) is 3.92. The Hall–Kier alpha value is -0.790. The number of esters is 1. The van der Waals surface area contributed by atoms with E-state index in [1.165, 1.54) is 39.0 Å². The molecule has 2 nitrogen and oxygen atoms in total. The molecule has 1 rings (SSSR count). The largest absolute Gasteiger partial charge is 0.432 e. The maximum absolute atomic E-state index is 10.8. The number of ether oxygens (including phenoxy) is 1. The van der Waals surface area contributed by atoms with Gasteiger partial charge in [0.25, 0.3) is 0 Å². The van der Waals surface area contributed by atoms with Gasteiger partial charge >= 0.3 is 5.97 Å². The Kier molecular flexibility index (Phi) is 5.35. The van der Waals surface area contributed by atoms with Crippen LogP contribution in [-0.4, -0.2) is 5.97 Å². The molecule has 0 bridgehead atoms. The SMILES string of the molecule is CC(=O)OC1=CCCCCCCCC1. The van der Waals surface area contributed by atoms with Crippen LogP contribution in [0, 0.1) is 0 Å². The summed E-state index contributed by atoms with van der Waals surface area (Å²) in [4.78, 5) is 10.8. The predicted octanol–water partition coefficient (Wildman–Crippen LogP) is 3.57. The average Bonchev–Trinajstić information content (AvgIpc) is 2.15. The fourth-order valence-corrected chi connectivity index (χ4v) is 1.79. The van der Waals surface area contributed by atoms with Crippen LogP contribution >= 0.6 is 0 Å². The third-order valence-corrected chi connectivity index (χ3v) is 2.52. The molecule has 0 N–H and O–H groups in total. The van der Waals surface area contributed by atoms with Gasteiger partial charge in [-0.15, -0.1) is 0 Å². The van der Waals surface area contributed by atoms with Crippen LogP contribution in [0.3, 0.4) is 0 Å². The third kappa shape index (κ3) is 5.05. The first kappa shape index (κ1) is 11.3. The summed E-state index contributed by atoms with van der Waals surface area (Å²) in [7, 11) is 0. The quantitative estimate of drug-likeness (QED) is 0.599. The molecule has 0 aromatic carbocycles. The van der Waals surface area contributed by atoms with E-state index in [1.807, 2.05) is 0 Å². The number of hydrogen-bond acceptors (Lipinski definition) is 2. The Morgan fingerprint density at radius 2 is 1.79 bits per heavy atom. The normalized spacial score (nSPS) is 19.6. The molecule has 2 heteroatoms. The first-order chi connectivity index (χ1) is 6.79. The van der Waals surface area contributed by atoms with E-state index in [-0.39, 0.29) is 5.97 Å². The number of carbonyl (C=O) groups excluding carboxylic acids is 1. The van der Waals surface area contributed by atoms with Crippen LogP contribution in [-0.2, 0) is 9.53 Å². The Bertz CT molecular complexity index is 206. The minimum absolute atomic E-state index is 0.187. The van der Waals surface area contributed by atoms with Crippen LogP contribution in [0.1, 0.15) is 58.3 Å². The van der Waals surface area contributed by atoms with Crippen LogP contribution < -0.4 is 0 Å². The van der Waals surface area contributed by atoms with Crippen LogP contribution in [0.25, 0.3) is 0 Å². The second kappa shape index (κ2) is 6.63. The van der Waals surface area contributed by atoms with E-state index in [9.17, 15) is 4.79 Å². The van der Waals surface area contributed by atoms with Crippen molar-refractivity contribution in [3.05, 3.63) is 11.8 Å². The summed E-state index contributed by atoms with van der Waals surface area (Å²) in [6, 6.07) is 0. The maximum atomic E-state index is 10.8. The zero-order chi connectivity index (χ0) is 10.2. The van der Waals surface area contributed by atoms with Crippen LogP contribution in [0.4, 0.5) is 0 Å². The average molecular weight is 196 g/mol. The molecule has 0 atom stereocenters. The Balaban J connectivity index is 2.41. The predicted molar refractivity (Wildman–Crippen MR) is 56.8 cm³/mol. The topological polar surface area (TPSA) is 26.3 Å². The molecule has 0 spiro atoms. The Morgan fingerprint density at radius 3 is 2.50 bits per heavy atom. The molecule has 0 aromatic rings. The first-order valence-electron chi connectivity index (χ1n) is 5.66. The second-order valence-corrected chi connectivity index (χ2v) is 3.92. The summed E-state index contributed by atoms with van der Waals surface area (Å²) in [5, 5.41) is 0. The fourth-order valence-electron chi connectivity index (χ4n) is 1.79. The van der Waals surface area contributed by atoms with Gasteiger partial charge in [0.1, 0.15) is 5.76 Å². The highest BCUT2D eigenvalue weighted by Crippen LogP contribution is 2.17. The highest BCUT2D eigenvalue weighted by atomic mass is 16.5. The van der Waals surface area contributed by atoms with Crippen molar-refractivity contribution >= 4 is 5.97 Å². The molecule has 14 heavy (non-hydrogen) atoms. The van der Waals surface area contributed by atoms with Gasteiger partial charge in [-0.1, -0.05) is 25.7 Å². The molecular weight excluding hydrogens is 176 g/mol. The Morgan fingerprint density at radius 1 is 1.14 bits per heavy atom. The molecule has 0 heterocycles. The summed E-state index contributed by atoms with van der Waals surface area (Å²) < 4.78 is 5.15. The van der Waals surface area contributed by atoms with Crippen molar-refractivity contribution in [2.45, 2.75) is 58.3 Å². The van der Waals surface area contributed by atoms with E-state index in [0.29, 0.717) is 0 Å². The molecular formula is C12H20O2. The van der Waals surface area contributed by atoms with Crippen LogP contribution in [0.2, 0.25) is 0 Å². The van der Waals surface area contributed by atoms with Crippen molar-refractivity contribution in [3.63, 3.8) is 0 Å². The first-order valence-corrected chi connectivity index (χ1v) is 5.66. The number of allylic oxidation sites excluding steroid dienone is 2. The molecule has 80 valence electrons. The third-order valence-electron chi connectivity index (χ3n) is 2.52. The molecule has 0 amide bonds. The van der Waals surface area contributed by atoms with E-state index in [1.54, 1.807) is 0 Å². The van der Waals surface area contributed by atoms with E-state index in [4.69, 9.17) is 4.74 Å². The molecule has 0 aliphatic heterocycles. The molecule has 0 saturated heterocycles. The lowest BCUT2D eigenvalue weighted by Crippen LogP contribution is -2.00. The van der Waals surface area contributed by atoms with Gasteiger partial charge in [0.05, 0.1) is 0 Å². The highest BCUT2D eigenvalue weighted by molar-refractivity contribution is 5.67. The molecule has 0 aromatic heterocycles. The molecule has 0 fully saturated rings. The van der Waals surface area contributed by atoms with Crippen LogP contribution in [0.5, 0.6) is 0 Å². The lowest BCUT2D eigenvalue weighted by Gasteiger charge is -2.09. The van der Waals surface area contributed by atoms with Crippen molar-refractivity contribution in [1.29, 1.82) is 0 Å². The van der Waals surface area contributed by atoms with E-state index in [0.717, 1.165) is 25.0 Å². The van der Waals surface area contributed by atoms with Gasteiger partial charge in [0.15, 0.2) is 0 Å². The van der Waals surface area contributed by atoms with Gasteiger partial charge in [0.2, 0.25) is 0 Å². The molecule has 1 aliphatic rings. The van der Waals surface area contributed by atoms with Crippen molar-refractivity contribution in [2.75, 3.05) is 0 Å². The lowest BCUT2D eigenvalue weighted by atomic mass is 10.0. The lowest BCUT2D eigenvalue weighted by molar-refractivity contribution is -0.137. The number of carbonyl (C=O) groups is 1. The van der Waals surface area contributed by atoms with Gasteiger partial charge in [-0.3, -0.25) is 4.79 Å². The van der Waals surface area contributed by atoms with Gasteiger partial charge < -0.3 is 4.74 Å². The van der Waals surface area contributed by atoms with Gasteiger partial charge in [-0.2, -0.15) is 0 Å².